The van der Waals surface area contributed by atoms with Crippen LogP contribution in [0.15, 0.2) is 57.4 Å². The third kappa shape index (κ3) is 6.94. The quantitative estimate of drug-likeness (QED) is 0.102. The summed E-state index contributed by atoms with van der Waals surface area (Å²) in [5.41, 5.74) is 0.278. The summed E-state index contributed by atoms with van der Waals surface area (Å²) >= 11 is 4.68. The maximum Gasteiger partial charge on any atom is 0.333 e. The monoisotopic (exact) mass is 470 g/mol. The molecule has 0 radical (unpaired) electrons. The van der Waals surface area contributed by atoms with E-state index in [9.17, 15) is 4.79 Å². The Kier molecular flexibility index (Phi) is 7.68. The van der Waals surface area contributed by atoms with Crippen molar-refractivity contribution in [3.8, 4) is 17.3 Å². The molecule has 0 saturated carbocycles. The van der Waals surface area contributed by atoms with Gasteiger partial charge in [0.2, 0.25) is 0 Å². The fraction of sp³-hybridized carbons (Fsp3) is 0.444. The highest BCUT2D eigenvalue weighted by Gasteiger charge is 2.34. The molecule has 1 aromatic carbocycles. The molecule has 1 atom stereocenters. The first-order valence-corrected chi connectivity index (χ1v) is 11.9. The average Bonchev–Trinajstić information content (AvgIpc) is 3.32. The standard InChI is InChI=1S/C27H34O5S/c1-7-8-9-10-20-13-14-22(29-20)24-15-19-11-12-21(16-23(19)30-24)31-27(6,33)17-26(4,5)32-25(28)18(2)3/h11-16,33H,2,7-10,17H2,1,3-6H3. The van der Waals surface area contributed by atoms with E-state index in [1.807, 2.05) is 57.2 Å². The van der Waals surface area contributed by atoms with Crippen LogP contribution in [0.4, 0.5) is 0 Å². The zero-order valence-corrected chi connectivity index (χ0v) is 21.1. The zero-order chi connectivity index (χ0) is 24.2. The highest BCUT2D eigenvalue weighted by atomic mass is 32.1. The summed E-state index contributed by atoms with van der Waals surface area (Å²) in [7, 11) is 0. The lowest BCUT2D eigenvalue weighted by Gasteiger charge is -2.34. The van der Waals surface area contributed by atoms with Crippen molar-refractivity contribution in [1.29, 1.82) is 0 Å². The summed E-state index contributed by atoms with van der Waals surface area (Å²) in [4.78, 5) is 11.0. The molecule has 33 heavy (non-hydrogen) atoms. The smallest absolute Gasteiger partial charge is 0.333 e. The van der Waals surface area contributed by atoms with E-state index in [0.717, 1.165) is 29.7 Å². The second-order valence-electron chi connectivity index (χ2n) is 9.42. The van der Waals surface area contributed by atoms with E-state index in [1.54, 1.807) is 6.92 Å². The largest absolute Gasteiger partial charge is 0.477 e. The van der Waals surface area contributed by atoms with Gasteiger partial charge < -0.3 is 18.3 Å². The molecule has 5 nitrogen and oxygen atoms in total. The summed E-state index contributed by atoms with van der Waals surface area (Å²) in [5, 5.41) is 0.956. The van der Waals surface area contributed by atoms with Gasteiger partial charge >= 0.3 is 5.97 Å². The Bertz CT molecular complexity index is 1120. The van der Waals surface area contributed by atoms with E-state index in [-0.39, 0.29) is 0 Å². The Morgan fingerprint density at radius 1 is 1.06 bits per heavy atom. The lowest BCUT2D eigenvalue weighted by Crippen LogP contribution is -2.39. The van der Waals surface area contributed by atoms with Gasteiger partial charge in [0.05, 0.1) is 0 Å². The number of thiol groups is 1. The molecule has 0 bridgehead atoms. The van der Waals surface area contributed by atoms with Gasteiger partial charge in [-0.1, -0.05) is 26.3 Å². The molecule has 6 heteroatoms. The Labute approximate surface area is 201 Å². The first-order valence-electron chi connectivity index (χ1n) is 11.4. The van der Waals surface area contributed by atoms with Crippen LogP contribution in [-0.2, 0) is 16.0 Å². The van der Waals surface area contributed by atoms with Crippen molar-refractivity contribution in [2.45, 2.75) is 77.3 Å². The predicted octanol–water partition coefficient (Wildman–Crippen LogP) is 7.74. The molecule has 0 saturated heterocycles. The van der Waals surface area contributed by atoms with E-state index in [0.29, 0.717) is 29.1 Å². The van der Waals surface area contributed by atoms with Gasteiger partial charge in [-0.15, -0.1) is 12.6 Å². The van der Waals surface area contributed by atoms with Crippen molar-refractivity contribution in [2.75, 3.05) is 0 Å². The minimum atomic E-state index is -0.879. The van der Waals surface area contributed by atoms with Crippen LogP contribution < -0.4 is 4.74 Å². The van der Waals surface area contributed by atoms with Crippen molar-refractivity contribution in [3.05, 3.63) is 54.3 Å². The molecule has 1 unspecified atom stereocenters. The van der Waals surface area contributed by atoms with E-state index < -0.39 is 16.5 Å². The van der Waals surface area contributed by atoms with E-state index in [1.165, 1.54) is 12.8 Å². The van der Waals surface area contributed by atoms with Gasteiger partial charge in [0.25, 0.3) is 0 Å². The molecule has 2 heterocycles. The molecule has 0 aliphatic carbocycles. The number of benzene rings is 1. The van der Waals surface area contributed by atoms with Crippen LogP contribution in [0.1, 0.15) is 66.1 Å². The molecular weight excluding hydrogens is 436 g/mol. The Hall–Kier alpha value is -2.60. The van der Waals surface area contributed by atoms with Gasteiger partial charge in [0, 0.05) is 29.9 Å². The lowest BCUT2D eigenvalue weighted by atomic mass is 10.0. The highest BCUT2D eigenvalue weighted by molar-refractivity contribution is 7.81. The number of carbonyl (C=O) groups is 1. The van der Waals surface area contributed by atoms with Crippen LogP contribution in [0.5, 0.6) is 5.75 Å². The fourth-order valence-corrected chi connectivity index (χ4v) is 4.33. The Balaban J connectivity index is 1.71. The second-order valence-corrected chi connectivity index (χ2v) is 10.4. The molecular formula is C27H34O5S. The van der Waals surface area contributed by atoms with Crippen molar-refractivity contribution in [3.63, 3.8) is 0 Å². The SMILES string of the molecule is C=C(C)C(=O)OC(C)(C)CC(C)(S)Oc1ccc2cc(-c3ccc(CCCCC)o3)oc2c1. The first-order chi connectivity index (χ1) is 15.5. The normalized spacial score (nSPS) is 13.6. The Morgan fingerprint density at radius 3 is 2.52 bits per heavy atom. The van der Waals surface area contributed by atoms with Gasteiger partial charge in [-0.05, 0) is 64.4 Å². The van der Waals surface area contributed by atoms with Crippen LogP contribution in [0.3, 0.4) is 0 Å². The van der Waals surface area contributed by atoms with Crippen molar-refractivity contribution in [1.82, 2.24) is 0 Å². The van der Waals surface area contributed by atoms with Gasteiger partial charge in [0.15, 0.2) is 16.5 Å². The summed E-state index contributed by atoms with van der Waals surface area (Å²) in [5.74, 6) is 2.57. The van der Waals surface area contributed by atoms with Crippen LogP contribution >= 0.6 is 12.6 Å². The van der Waals surface area contributed by atoms with E-state index >= 15 is 0 Å². The molecule has 3 aromatic rings. The van der Waals surface area contributed by atoms with Crippen molar-refractivity contribution in [2.24, 2.45) is 0 Å². The third-order valence-electron chi connectivity index (χ3n) is 5.23. The molecule has 0 spiro atoms. The summed E-state index contributed by atoms with van der Waals surface area (Å²) in [6, 6.07) is 11.6. The number of unbranched alkanes of at least 4 members (excludes halogenated alkanes) is 2. The number of fused-ring (bicyclic) bond motifs is 1. The number of rotatable bonds is 11. The topological polar surface area (TPSA) is 61.8 Å². The zero-order valence-electron chi connectivity index (χ0n) is 20.2. The van der Waals surface area contributed by atoms with Crippen molar-refractivity contribution < 1.29 is 23.1 Å². The minimum absolute atomic E-state index is 0.355. The average molecular weight is 471 g/mol. The maximum atomic E-state index is 11.9. The highest BCUT2D eigenvalue weighted by Crippen LogP contribution is 2.35. The summed E-state index contributed by atoms with van der Waals surface area (Å²) in [6.45, 7) is 12.9. The first kappa shape index (κ1) is 25.0. The number of hydrogen-bond acceptors (Lipinski definition) is 6. The van der Waals surface area contributed by atoms with Crippen molar-refractivity contribution >= 4 is 29.6 Å². The predicted molar refractivity (Wildman–Crippen MR) is 135 cm³/mol. The lowest BCUT2D eigenvalue weighted by molar-refractivity contribution is -0.153. The molecule has 0 fully saturated rings. The molecule has 0 aliphatic rings. The number of carbonyl (C=O) groups excluding carboxylic acids is 1. The summed E-state index contributed by atoms with van der Waals surface area (Å²) in [6.07, 6.45) is 4.81. The van der Waals surface area contributed by atoms with Crippen LogP contribution in [0, 0.1) is 0 Å². The fourth-order valence-electron chi connectivity index (χ4n) is 3.84. The van der Waals surface area contributed by atoms with Crippen LogP contribution in [0.25, 0.3) is 22.5 Å². The summed E-state index contributed by atoms with van der Waals surface area (Å²) < 4.78 is 23.7. The second kappa shape index (κ2) is 10.1. The number of furan rings is 2. The van der Waals surface area contributed by atoms with Gasteiger partial charge in [-0.2, -0.15) is 0 Å². The van der Waals surface area contributed by atoms with Gasteiger partial charge in [-0.3, -0.25) is 0 Å². The van der Waals surface area contributed by atoms with Gasteiger partial charge in [-0.25, -0.2) is 4.79 Å². The molecule has 178 valence electrons. The Morgan fingerprint density at radius 2 is 1.82 bits per heavy atom. The molecule has 2 aromatic heterocycles. The van der Waals surface area contributed by atoms with E-state index in [2.05, 4.69) is 26.1 Å². The third-order valence-corrected chi connectivity index (χ3v) is 5.48. The number of ether oxygens (including phenoxy) is 2. The molecule has 0 N–H and O–H groups in total. The van der Waals surface area contributed by atoms with Crippen LogP contribution in [-0.4, -0.2) is 16.5 Å². The molecule has 3 rings (SSSR count). The number of aryl methyl sites for hydroxylation is 1. The maximum absolute atomic E-state index is 11.9. The minimum Gasteiger partial charge on any atom is -0.477 e. The number of esters is 1. The molecule has 0 aliphatic heterocycles. The van der Waals surface area contributed by atoms with E-state index in [4.69, 9.17) is 18.3 Å². The number of hydrogen-bond donors (Lipinski definition) is 1. The molecule has 0 amide bonds. The van der Waals surface area contributed by atoms with Gasteiger partial charge in [0.1, 0.15) is 22.7 Å². The van der Waals surface area contributed by atoms with Crippen LogP contribution in [0.2, 0.25) is 0 Å².